The fourth-order valence-corrected chi connectivity index (χ4v) is 1.77. The Kier molecular flexibility index (Phi) is 7.25. The van der Waals surface area contributed by atoms with E-state index in [2.05, 4.69) is 19.4 Å². The lowest BCUT2D eigenvalue weighted by Gasteiger charge is -2.11. The summed E-state index contributed by atoms with van der Waals surface area (Å²) in [6.07, 6.45) is 0. The maximum atomic E-state index is 8.76. The van der Waals surface area contributed by atoms with E-state index in [0.29, 0.717) is 5.75 Å². The molecule has 0 heterocycles. The summed E-state index contributed by atoms with van der Waals surface area (Å²) in [7, 11) is 5.94. The number of rotatable bonds is 9. The number of aliphatic hydroxyl groups is 1. The number of ether oxygens (including phenoxy) is 2. The van der Waals surface area contributed by atoms with Gasteiger partial charge in [0, 0.05) is 5.56 Å². The molecule has 1 aromatic carbocycles. The molecule has 108 valence electrons. The molecule has 0 amide bonds. The number of aliphatic hydroxyl groups excluding tert-OH is 1. The highest BCUT2D eigenvalue weighted by Crippen LogP contribution is 2.27. The van der Waals surface area contributed by atoms with Crippen LogP contribution in [0.15, 0.2) is 18.2 Å². The quantitative estimate of drug-likeness (QED) is 0.468. The van der Waals surface area contributed by atoms with Crippen molar-refractivity contribution in [3.63, 3.8) is 0 Å². The molecule has 0 spiro atoms. The van der Waals surface area contributed by atoms with E-state index in [1.54, 1.807) is 7.11 Å². The summed E-state index contributed by atoms with van der Waals surface area (Å²) < 4.78 is 10.7. The highest BCUT2D eigenvalue weighted by molar-refractivity contribution is 5.42. The summed E-state index contributed by atoms with van der Waals surface area (Å²) in [5, 5.41) is 11.0. The molecule has 0 unspecified atom stereocenters. The molecular weight excluding hydrogens is 244 g/mol. The first kappa shape index (κ1) is 15.8. The first-order valence-electron chi connectivity index (χ1n) is 6.68. The van der Waals surface area contributed by atoms with Gasteiger partial charge in [-0.05, 0) is 18.2 Å². The molecule has 0 aliphatic rings. The summed E-state index contributed by atoms with van der Waals surface area (Å²) in [5.74, 6) is 1.40. The SMILES string of the molecule is COc1cc(C[NH2+]CC[NH+](C)C)ccc1OCCO. The largest absolute Gasteiger partial charge is 0.493 e. The van der Waals surface area contributed by atoms with E-state index < -0.39 is 0 Å². The van der Waals surface area contributed by atoms with Gasteiger partial charge in [-0.2, -0.15) is 0 Å². The molecule has 0 radical (unpaired) electrons. The second kappa shape index (κ2) is 8.74. The van der Waals surface area contributed by atoms with Crippen molar-refractivity contribution in [3.8, 4) is 11.5 Å². The van der Waals surface area contributed by atoms with Crippen molar-refractivity contribution in [3.05, 3.63) is 23.8 Å². The zero-order valence-corrected chi connectivity index (χ0v) is 12.1. The number of hydrogen-bond donors (Lipinski definition) is 3. The van der Waals surface area contributed by atoms with Crippen molar-refractivity contribution in [1.82, 2.24) is 0 Å². The zero-order valence-electron chi connectivity index (χ0n) is 12.1. The van der Waals surface area contributed by atoms with E-state index in [1.165, 1.54) is 10.5 Å². The maximum Gasteiger partial charge on any atom is 0.161 e. The van der Waals surface area contributed by atoms with Crippen LogP contribution in [0.5, 0.6) is 11.5 Å². The number of nitrogens with two attached hydrogens (primary N) is 1. The molecule has 5 nitrogen and oxygen atoms in total. The molecule has 0 saturated heterocycles. The summed E-state index contributed by atoms with van der Waals surface area (Å²) in [6.45, 7) is 3.48. The third-order valence-corrected chi connectivity index (χ3v) is 2.81. The fraction of sp³-hybridized carbons (Fsp3) is 0.571. The van der Waals surface area contributed by atoms with E-state index in [1.807, 2.05) is 18.2 Å². The van der Waals surface area contributed by atoms with Crippen LogP contribution in [0.1, 0.15) is 5.56 Å². The first-order chi connectivity index (χ1) is 9.17. The molecule has 0 fully saturated rings. The van der Waals surface area contributed by atoms with Gasteiger partial charge < -0.3 is 24.8 Å². The van der Waals surface area contributed by atoms with Crippen LogP contribution in [-0.2, 0) is 6.54 Å². The molecular formula is C14H26N2O3+2. The topological polar surface area (TPSA) is 59.7 Å². The minimum atomic E-state index is 0.00551. The molecule has 0 atom stereocenters. The van der Waals surface area contributed by atoms with Crippen LogP contribution in [0.3, 0.4) is 0 Å². The summed E-state index contributed by atoms with van der Waals surface area (Å²) in [4.78, 5) is 1.46. The van der Waals surface area contributed by atoms with Crippen molar-refractivity contribution in [2.75, 3.05) is 47.5 Å². The van der Waals surface area contributed by atoms with E-state index in [0.717, 1.165) is 25.4 Å². The normalized spacial score (nSPS) is 10.8. The maximum absolute atomic E-state index is 8.76. The molecule has 0 bridgehead atoms. The van der Waals surface area contributed by atoms with Crippen LogP contribution in [-0.4, -0.2) is 52.6 Å². The Bertz CT molecular complexity index is 370. The van der Waals surface area contributed by atoms with Crippen molar-refractivity contribution >= 4 is 0 Å². The van der Waals surface area contributed by atoms with E-state index in [-0.39, 0.29) is 13.2 Å². The van der Waals surface area contributed by atoms with Gasteiger partial charge in [-0.25, -0.2) is 0 Å². The van der Waals surface area contributed by atoms with Crippen LogP contribution in [0.2, 0.25) is 0 Å². The lowest BCUT2D eigenvalue weighted by atomic mass is 10.2. The minimum Gasteiger partial charge on any atom is -0.493 e. The van der Waals surface area contributed by atoms with Crippen LogP contribution >= 0.6 is 0 Å². The second-order valence-corrected chi connectivity index (χ2v) is 4.80. The van der Waals surface area contributed by atoms with Crippen molar-refractivity contribution < 1.29 is 24.8 Å². The molecule has 5 heteroatoms. The van der Waals surface area contributed by atoms with Gasteiger partial charge in [-0.15, -0.1) is 0 Å². The average molecular weight is 270 g/mol. The van der Waals surface area contributed by atoms with Crippen molar-refractivity contribution in [2.45, 2.75) is 6.54 Å². The number of likely N-dealkylation sites (N-methyl/N-ethyl adjacent to an activating group) is 1. The zero-order chi connectivity index (χ0) is 14.1. The molecule has 0 aliphatic carbocycles. The minimum absolute atomic E-state index is 0.00551. The van der Waals surface area contributed by atoms with Crippen LogP contribution < -0.4 is 19.7 Å². The van der Waals surface area contributed by atoms with Crippen LogP contribution in [0.25, 0.3) is 0 Å². The number of hydrogen-bond acceptors (Lipinski definition) is 3. The predicted octanol–water partition coefficient (Wildman–Crippen LogP) is -1.73. The molecule has 0 aliphatic heterocycles. The van der Waals surface area contributed by atoms with Gasteiger partial charge in [0.05, 0.1) is 27.8 Å². The highest BCUT2D eigenvalue weighted by Gasteiger charge is 2.07. The van der Waals surface area contributed by atoms with Crippen LogP contribution in [0, 0.1) is 0 Å². The molecule has 4 N–H and O–H groups in total. The molecule has 1 aromatic rings. The fourth-order valence-electron chi connectivity index (χ4n) is 1.77. The van der Waals surface area contributed by atoms with Gasteiger partial charge in [-0.3, -0.25) is 0 Å². The summed E-state index contributed by atoms with van der Waals surface area (Å²) in [5.41, 5.74) is 1.21. The number of nitrogens with one attached hydrogen (secondary N) is 1. The number of methoxy groups -OCH3 is 1. The lowest BCUT2D eigenvalue weighted by molar-refractivity contribution is -0.875. The predicted molar refractivity (Wildman–Crippen MR) is 73.7 cm³/mol. The van der Waals surface area contributed by atoms with Gasteiger partial charge in [0.25, 0.3) is 0 Å². The third kappa shape index (κ3) is 5.92. The molecule has 1 rings (SSSR count). The monoisotopic (exact) mass is 270 g/mol. The van der Waals surface area contributed by atoms with E-state index in [9.17, 15) is 0 Å². The highest BCUT2D eigenvalue weighted by atomic mass is 16.5. The Hall–Kier alpha value is -1.30. The van der Waals surface area contributed by atoms with Crippen LogP contribution in [0.4, 0.5) is 0 Å². The second-order valence-electron chi connectivity index (χ2n) is 4.80. The number of quaternary nitrogens is 2. The van der Waals surface area contributed by atoms with Crippen molar-refractivity contribution in [1.29, 1.82) is 0 Å². The Morgan fingerprint density at radius 3 is 2.68 bits per heavy atom. The Labute approximate surface area is 115 Å². The van der Waals surface area contributed by atoms with E-state index >= 15 is 0 Å². The Morgan fingerprint density at radius 2 is 2.05 bits per heavy atom. The Balaban J connectivity index is 2.51. The molecule has 19 heavy (non-hydrogen) atoms. The van der Waals surface area contributed by atoms with Gasteiger partial charge in [0.2, 0.25) is 0 Å². The Morgan fingerprint density at radius 1 is 1.26 bits per heavy atom. The van der Waals surface area contributed by atoms with Gasteiger partial charge in [-0.1, -0.05) is 0 Å². The number of benzene rings is 1. The third-order valence-electron chi connectivity index (χ3n) is 2.81. The standard InChI is InChI=1S/C14H24N2O3/c1-16(2)7-6-15-11-12-4-5-13(19-9-8-17)14(10-12)18-3/h4-5,10,15,17H,6-9,11H2,1-3H3/p+2. The lowest BCUT2D eigenvalue weighted by Crippen LogP contribution is -3.09. The van der Waals surface area contributed by atoms with Gasteiger partial charge in [0.15, 0.2) is 11.5 Å². The molecule has 0 aromatic heterocycles. The van der Waals surface area contributed by atoms with E-state index in [4.69, 9.17) is 14.6 Å². The van der Waals surface area contributed by atoms with Crippen molar-refractivity contribution in [2.24, 2.45) is 0 Å². The summed E-state index contributed by atoms with van der Waals surface area (Å²) >= 11 is 0. The first-order valence-corrected chi connectivity index (χ1v) is 6.68. The average Bonchev–Trinajstić information content (AvgIpc) is 2.41. The van der Waals surface area contributed by atoms with Gasteiger partial charge in [0.1, 0.15) is 26.2 Å². The smallest absolute Gasteiger partial charge is 0.161 e. The molecule has 0 saturated carbocycles. The summed E-state index contributed by atoms with van der Waals surface area (Å²) in [6, 6.07) is 5.93. The van der Waals surface area contributed by atoms with Gasteiger partial charge >= 0.3 is 0 Å².